The molecule has 144 valence electrons. The molecule has 0 atom stereocenters. The van der Waals surface area contributed by atoms with E-state index in [9.17, 15) is 4.79 Å². The van der Waals surface area contributed by atoms with Gasteiger partial charge in [-0.05, 0) is 53.4 Å². The topological polar surface area (TPSA) is 46.4 Å². The molecule has 1 aromatic carbocycles. The Kier molecular flexibility index (Phi) is 5.69. The summed E-state index contributed by atoms with van der Waals surface area (Å²) in [6.45, 7) is 2.18. The first-order valence-corrected chi connectivity index (χ1v) is 11.3. The molecule has 0 unspecified atom stereocenters. The average molecular weight is 410 g/mol. The summed E-state index contributed by atoms with van der Waals surface area (Å²) in [4.78, 5) is 16.3. The number of benzene rings is 1. The van der Waals surface area contributed by atoms with E-state index in [1.165, 1.54) is 26.9 Å². The standard InChI is InChI=1S/C22H23N3OS2/c1-15-7-5-8-18-21(15)16(14-28-18)13-17-22(27-12-6-10-20(26)23-2)24-19-9-3-4-11-25(17)19/h3-5,7-9,11,14H,6,10,12-13H2,1-2H3,(H,23,26). The molecular weight excluding hydrogens is 386 g/mol. The van der Waals surface area contributed by atoms with Crippen LogP contribution in [-0.4, -0.2) is 28.1 Å². The Morgan fingerprint density at radius 3 is 3.00 bits per heavy atom. The molecule has 6 heteroatoms. The summed E-state index contributed by atoms with van der Waals surface area (Å²) < 4.78 is 3.53. The monoisotopic (exact) mass is 409 g/mol. The van der Waals surface area contributed by atoms with Crippen molar-refractivity contribution in [3.63, 3.8) is 0 Å². The van der Waals surface area contributed by atoms with E-state index in [2.05, 4.69) is 58.5 Å². The molecule has 28 heavy (non-hydrogen) atoms. The molecule has 4 aromatic rings. The van der Waals surface area contributed by atoms with Crippen molar-refractivity contribution in [2.75, 3.05) is 12.8 Å². The van der Waals surface area contributed by atoms with E-state index in [1.54, 1.807) is 18.8 Å². The SMILES string of the molecule is CNC(=O)CCCSc1nc2ccccn2c1Cc1csc2cccc(C)c12. The maximum absolute atomic E-state index is 11.5. The normalized spacial score (nSPS) is 11.4. The highest BCUT2D eigenvalue weighted by Gasteiger charge is 2.16. The minimum Gasteiger partial charge on any atom is -0.359 e. The minimum absolute atomic E-state index is 0.0936. The number of nitrogens with one attached hydrogen (secondary N) is 1. The van der Waals surface area contributed by atoms with Gasteiger partial charge in [0.25, 0.3) is 0 Å². The van der Waals surface area contributed by atoms with Gasteiger partial charge < -0.3 is 9.72 Å². The van der Waals surface area contributed by atoms with Crippen LogP contribution in [0.3, 0.4) is 0 Å². The fourth-order valence-electron chi connectivity index (χ4n) is 3.48. The maximum Gasteiger partial charge on any atom is 0.219 e. The molecule has 3 heterocycles. The number of imidazole rings is 1. The lowest BCUT2D eigenvalue weighted by atomic mass is 10.0. The summed E-state index contributed by atoms with van der Waals surface area (Å²) in [5.74, 6) is 0.976. The number of nitrogens with zero attached hydrogens (tertiary/aromatic N) is 2. The fourth-order valence-corrected chi connectivity index (χ4v) is 5.50. The molecule has 1 N–H and O–H groups in total. The molecule has 4 nitrogen and oxygen atoms in total. The Hall–Kier alpha value is -2.31. The van der Waals surface area contributed by atoms with Crippen molar-refractivity contribution >= 4 is 44.7 Å². The molecule has 0 radical (unpaired) electrons. The summed E-state index contributed by atoms with van der Waals surface area (Å²) in [5.41, 5.74) is 4.88. The Labute approximate surface area is 173 Å². The summed E-state index contributed by atoms with van der Waals surface area (Å²) in [6, 6.07) is 12.6. The predicted octanol–water partition coefficient (Wildman–Crippen LogP) is 5.07. The van der Waals surface area contributed by atoms with E-state index in [4.69, 9.17) is 4.98 Å². The van der Waals surface area contributed by atoms with Gasteiger partial charge in [0.05, 0.1) is 5.69 Å². The fraction of sp³-hybridized carbons (Fsp3) is 0.273. The highest BCUT2D eigenvalue weighted by atomic mass is 32.2. The van der Waals surface area contributed by atoms with Gasteiger partial charge in [0.15, 0.2) is 0 Å². The van der Waals surface area contributed by atoms with E-state index in [0.29, 0.717) is 6.42 Å². The first kappa shape index (κ1) is 19.0. The third-order valence-corrected chi connectivity index (χ3v) is 6.99. The second-order valence-corrected chi connectivity index (χ2v) is 8.80. The zero-order chi connectivity index (χ0) is 19.5. The van der Waals surface area contributed by atoms with Crippen LogP contribution in [0.25, 0.3) is 15.7 Å². The van der Waals surface area contributed by atoms with Gasteiger partial charge in [0.1, 0.15) is 10.7 Å². The van der Waals surface area contributed by atoms with Gasteiger partial charge in [-0.3, -0.25) is 4.79 Å². The number of rotatable bonds is 7. The Morgan fingerprint density at radius 2 is 2.14 bits per heavy atom. The number of aryl methyl sites for hydroxylation is 1. The summed E-state index contributed by atoms with van der Waals surface area (Å²) in [5, 5.41) is 7.39. The van der Waals surface area contributed by atoms with Crippen molar-refractivity contribution in [2.24, 2.45) is 0 Å². The molecule has 0 fully saturated rings. The maximum atomic E-state index is 11.5. The molecule has 4 rings (SSSR count). The number of hydrogen-bond acceptors (Lipinski definition) is 4. The van der Waals surface area contributed by atoms with Crippen LogP contribution in [0.4, 0.5) is 0 Å². The van der Waals surface area contributed by atoms with Crippen LogP contribution in [0.1, 0.15) is 29.7 Å². The van der Waals surface area contributed by atoms with Crippen LogP contribution in [0, 0.1) is 6.92 Å². The number of thiophene rings is 1. The van der Waals surface area contributed by atoms with Gasteiger partial charge in [-0.25, -0.2) is 4.98 Å². The third-order valence-electron chi connectivity index (χ3n) is 4.90. The largest absolute Gasteiger partial charge is 0.359 e. The Morgan fingerprint density at radius 1 is 1.25 bits per heavy atom. The van der Waals surface area contributed by atoms with Crippen molar-refractivity contribution in [1.82, 2.24) is 14.7 Å². The number of hydrogen-bond donors (Lipinski definition) is 1. The zero-order valence-electron chi connectivity index (χ0n) is 16.1. The minimum atomic E-state index is 0.0936. The molecule has 0 spiro atoms. The van der Waals surface area contributed by atoms with Crippen molar-refractivity contribution in [1.29, 1.82) is 0 Å². The van der Waals surface area contributed by atoms with Crippen LogP contribution in [0.15, 0.2) is 53.0 Å². The summed E-state index contributed by atoms with van der Waals surface area (Å²) in [7, 11) is 1.68. The van der Waals surface area contributed by atoms with Crippen molar-refractivity contribution in [3.05, 3.63) is 64.8 Å². The molecule has 0 aliphatic carbocycles. The number of fused-ring (bicyclic) bond motifs is 2. The molecule has 0 saturated carbocycles. The van der Waals surface area contributed by atoms with Crippen LogP contribution in [0.5, 0.6) is 0 Å². The van der Waals surface area contributed by atoms with Gasteiger partial charge >= 0.3 is 0 Å². The number of carbonyl (C=O) groups excluding carboxylic acids is 1. The number of amides is 1. The summed E-state index contributed by atoms with van der Waals surface area (Å²) >= 11 is 3.56. The smallest absolute Gasteiger partial charge is 0.219 e. The first-order chi connectivity index (χ1) is 13.7. The van der Waals surface area contributed by atoms with Crippen molar-refractivity contribution < 1.29 is 4.79 Å². The van der Waals surface area contributed by atoms with Gasteiger partial charge in [0, 0.05) is 36.5 Å². The number of aromatic nitrogens is 2. The average Bonchev–Trinajstić information content (AvgIpc) is 3.28. The van der Waals surface area contributed by atoms with E-state index >= 15 is 0 Å². The van der Waals surface area contributed by atoms with Crippen molar-refractivity contribution in [2.45, 2.75) is 31.2 Å². The molecule has 0 saturated heterocycles. The molecule has 0 aliphatic heterocycles. The van der Waals surface area contributed by atoms with E-state index in [1.807, 2.05) is 17.4 Å². The number of thioether (sulfide) groups is 1. The second kappa shape index (κ2) is 8.37. The van der Waals surface area contributed by atoms with Crippen LogP contribution in [-0.2, 0) is 11.2 Å². The Balaban J connectivity index is 1.64. The van der Waals surface area contributed by atoms with Gasteiger partial charge in [0.2, 0.25) is 5.91 Å². The number of pyridine rings is 1. The van der Waals surface area contributed by atoms with E-state index in [-0.39, 0.29) is 5.91 Å². The lowest BCUT2D eigenvalue weighted by molar-refractivity contribution is -0.120. The summed E-state index contributed by atoms with van der Waals surface area (Å²) in [6.07, 6.45) is 4.35. The third kappa shape index (κ3) is 3.80. The molecular formula is C22H23N3OS2. The van der Waals surface area contributed by atoms with Gasteiger partial charge in [-0.2, -0.15) is 0 Å². The molecule has 0 bridgehead atoms. The molecule has 3 aromatic heterocycles. The highest BCUT2D eigenvalue weighted by molar-refractivity contribution is 7.99. The van der Waals surface area contributed by atoms with E-state index < -0.39 is 0 Å². The van der Waals surface area contributed by atoms with E-state index in [0.717, 1.165) is 29.3 Å². The van der Waals surface area contributed by atoms with Crippen LogP contribution >= 0.6 is 23.1 Å². The zero-order valence-corrected chi connectivity index (χ0v) is 17.7. The van der Waals surface area contributed by atoms with Crippen LogP contribution < -0.4 is 5.32 Å². The lowest BCUT2D eigenvalue weighted by Gasteiger charge is -2.06. The highest BCUT2D eigenvalue weighted by Crippen LogP contribution is 2.33. The van der Waals surface area contributed by atoms with Gasteiger partial charge in [-0.15, -0.1) is 23.1 Å². The molecule has 1 amide bonds. The Bertz CT molecular complexity index is 1130. The van der Waals surface area contributed by atoms with Crippen molar-refractivity contribution in [3.8, 4) is 0 Å². The second-order valence-electron chi connectivity index (χ2n) is 6.80. The first-order valence-electron chi connectivity index (χ1n) is 9.42. The lowest BCUT2D eigenvalue weighted by Crippen LogP contribution is -2.17. The number of carbonyl (C=O) groups is 1. The molecule has 0 aliphatic rings. The quantitative estimate of drug-likeness (QED) is 0.342. The van der Waals surface area contributed by atoms with Gasteiger partial charge in [-0.1, -0.05) is 18.2 Å². The van der Waals surface area contributed by atoms with Crippen LogP contribution in [0.2, 0.25) is 0 Å². The predicted molar refractivity (Wildman–Crippen MR) is 119 cm³/mol.